The van der Waals surface area contributed by atoms with Crippen molar-refractivity contribution in [1.29, 1.82) is 0 Å². The van der Waals surface area contributed by atoms with Gasteiger partial charge in [-0.3, -0.25) is 14.7 Å². The van der Waals surface area contributed by atoms with Crippen LogP contribution in [0.5, 0.6) is 5.75 Å². The van der Waals surface area contributed by atoms with Crippen LogP contribution in [0.1, 0.15) is 27.0 Å². The first-order valence-corrected chi connectivity index (χ1v) is 10.6. The van der Waals surface area contributed by atoms with E-state index in [4.69, 9.17) is 21.3 Å². The van der Waals surface area contributed by atoms with Gasteiger partial charge in [0, 0.05) is 18.0 Å². The maximum Gasteiger partial charge on any atom is 0.260 e. The van der Waals surface area contributed by atoms with Crippen LogP contribution in [0.4, 0.5) is 5.13 Å². The van der Waals surface area contributed by atoms with Gasteiger partial charge in [-0.25, -0.2) is 4.98 Å². The van der Waals surface area contributed by atoms with Crippen molar-refractivity contribution < 1.29 is 9.53 Å². The zero-order valence-electron chi connectivity index (χ0n) is 16.8. The number of aromatic nitrogens is 2. The highest BCUT2D eigenvalue weighted by Gasteiger charge is 2.24. The molecule has 0 bridgehead atoms. The van der Waals surface area contributed by atoms with Crippen molar-refractivity contribution >= 4 is 44.2 Å². The maximum absolute atomic E-state index is 13.6. The van der Waals surface area contributed by atoms with E-state index in [-0.39, 0.29) is 5.91 Å². The van der Waals surface area contributed by atoms with Crippen LogP contribution in [0, 0.1) is 13.8 Å². The number of ether oxygens (including phenoxy) is 1. The number of methoxy groups -OCH3 is 1. The number of fused-ring (bicyclic) bond motifs is 1. The molecule has 0 fully saturated rings. The summed E-state index contributed by atoms with van der Waals surface area (Å²) < 4.78 is 6.23. The number of hydrogen-bond acceptors (Lipinski definition) is 5. The van der Waals surface area contributed by atoms with E-state index in [1.54, 1.807) is 36.5 Å². The van der Waals surface area contributed by atoms with Crippen molar-refractivity contribution in [1.82, 2.24) is 9.97 Å². The third kappa shape index (κ3) is 3.88. The summed E-state index contributed by atoms with van der Waals surface area (Å²) >= 11 is 7.78. The minimum atomic E-state index is -0.120. The summed E-state index contributed by atoms with van der Waals surface area (Å²) in [6.45, 7) is 4.30. The minimum Gasteiger partial charge on any atom is -0.494 e. The van der Waals surface area contributed by atoms with Crippen LogP contribution in [-0.2, 0) is 6.54 Å². The Morgan fingerprint density at radius 1 is 1.20 bits per heavy atom. The summed E-state index contributed by atoms with van der Waals surface area (Å²) in [7, 11) is 1.59. The molecule has 4 aromatic rings. The van der Waals surface area contributed by atoms with Gasteiger partial charge >= 0.3 is 0 Å². The summed E-state index contributed by atoms with van der Waals surface area (Å²) in [5, 5.41) is 1.14. The molecule has 152 valence electrons. The fraction of sp³-hybridized carbons (Fsp3) is 0.174. The van der Waals surface area contributed by atoms with Crippen molar-refractivity contribution in [3.8, 4) is 5.75 Å². The van der Waals surface area contributed by atoms with Gasteiger partial charge in [0.1, 0.15) is 11.3 Å². The van der Waals surface area contributed by atoms with Crippen molar-refractivity contribution in [2.45, 2.75) is 20.4 Å². The Balaban J connectivity index is 1.84. The Bertz CT molecular complexity index is 1220. The number of anilines is 1. The molecule has 0 aliphatic rings. The van der Waals surface area contributed by atoms with Crippen LogP contribution in [-0.4, -0.2) is 23.0 Å². The Labute approximate surface area is 183 Å². The van der Waals surface area contributed by atoms with E-state index in [0.29, 0.717) is 33.5 Å². The van der Waals surface area contributed by atoms with Gasteiger partial charge < -0.3 is 4.74 Å². The summed E-state index contributed by atoms with van der Waals surface area (Å²) in [4.78, 5) is 24.2. The van der Waals surface area contributed by atoms with Gasteiger partial charge in [0.05, 0.1) is 23.4 Å². The zero-order chi connectivity index (χ0) is 21.3. The molecule has 5 nitrogen and oxygen atoms in total. The standard InChI is InChI=1S/C23H20ClN3O2S/c1-14-6-7-17(15(2)11-14)22(28)27(13-16-5-4-10-25-12-16)23-26-20-19(29-3)9-8-18(24)21(20)30-23/h4-12H,13H2,1-3H3. The fourth-order valence-corrected chi connectivity index (χ4v) is 4.57. The Morgan fingerprint density at radius 2 is 2.03 bits per heavy atom. The van der Waals surface area contributed by atoms with E-state index in [0.717, 1.165) is 21.4 Å². The zero-order valence-corrected chi connectivity index (χ0v) is 18.4. The first kappa shape index (κ1) is 20.3. The fourth-order valence-electron chi connectivity index (χ4n) is 3.32. The highest BCUT2D eigenvalue weighted by molar-refractivity contribution is 7.23. The first-order valence-electron chi connectivity index (χ1n) is 9.39. The van der Waals surface area contributed by atoms with Crippen molar-refractivity contribution in [3.05, 3.63) is 82.1 Å². The van der Waals surface area contributed by atoms with E-state index < -0.39 is 0 Å². The van der Waals surface area contributed by atoms with Crippen molar-refractivity contribution in [2.75, 3.05) is 12.0 Å². The second-order valence-corrected chi connectivity index (χ2v) is 8.38. The average molecular weight is 438 g/mol. The topological polar surface area (TPSA) is 55.3 Å². The highest BCUT2D eigenvalue weighted by atomic mass is 35.5. The molecule has 0 unspecified atom stereocenters. The summed E-state index contributed by atoms with van der Waals surface area (Å²) in [6, 6.07) is 13.2. The number of hydrogen-bond donors (Lipinski definition) is 0. The molecular formula is C23H20ClN3O2S. The Kier molecular flexibility index (Phi) is 5.70. The highest BCUT2D eigenvalue weighted by Crippen LogP contribution is 2.39. The molecule has 7 heteroatoms. The normalized spacial score (nSPS) is 10.9. The van der Waals surface area contributed by atoms with Crippen LogP contribution in [0.3, 0.4) is 0 Å². The quantitative estimate of drug-likeness (QED) is 0.395. The molecule has 2 aromatic carbocycles. The van der Waals surface area contributed by atoms with Crippen LogP contribution < -0.4 is 9.64 Å². The monoisotopic (exact) mass is 437 g/mol. The molecule has 0 saturated heterocycles. The van der Waals surface area contributed by atoms with E-state index in [1.807, 2.05) is 44.2 Å². The van der Waals surface area contributed by atoms with Gasteiger partial charge in [-0.1, -0.05) is 46.7 Å². The van der Waals surface area contributed by atoms with Gasteiger partial charge in [-0.05, 0) is 49.2 Å². The molecule has 2 aromatic heterocycles. The molecule has 0 saturated carbocycles. The van der Waals surface area contributed by atoms with Crippen LogP contribution in [0.15, 0.2) is 54.9 Å². The van der Waals surface area contributed by atoms with E-state index in [2.05, 4.69) is 4.98 Å². The predicted molar refractivity (Wildman–Crippen MR) is 122 cm³/mol. The van der Waals surface area contributed by atoms with Gasteiger partial charge in [0.2, 0.25) is 0 Å². The van der Waals surface area contributed by atoms with Gasteiger partial charge in [-0.2, -0.15) is 0 Å². The Morgan fingerprint density at radius 3 is 2.73 bits per heavy atom. The number of amides is 1. The molecule has 0 atom stereocenters. The van der Waals surface area contributed by atoms with Gasteiger partial charge in [-0.15, -0.1) is 0 Å². The van der Waals surface area contributed by atoms with E-state index in [1.165, 1.54) is 11.3 Å². The molecule has 0 N–H and O–H groups in total. The summed E-state index contributed by atoms with van der Waals surface area (Å²) in [6.07, 6.45) is 3.46. The lowest BCUT2D eigenvalue weighted by Crippen LogP contribution is -2.31. The van der Waals surface area contributed by atoms with Crippen LogP contribution in [0.2, 0.25) is 5.02 Å². The first-order chi connectivity index (χ1) is 14.5. The number of pyridine rings is 1. The number of halogens is 1. The van der Waals surface area contributed by atoms with Crippen LogP contribution >= 0.6 is 22.9 Å². The average Bonchev–Trinajstić information content (AvgIpc) is 3.19. The molecule has 0 spiro atoms. The van der Waals surface area contributed by atoms with Crippen molar-refractivity contribution in [2.24, 2.45) is 0 Å². The van der Waals surface area contributed by atoms with Gasteiger partial charge in [0.15, 0.2) is 5.13 Å². The number of carbonyl (C=O) groups is 1. The molecule has 1 amide bonds. The molecule has 0 radical (unpaired) electrons. The summed E-state index contributed by atoms with van der Waals surface area (Å²) in [5.74, 6) is 0.502. The third-order valence-electron chi connectivity index (χ3n) is 4.82. The lowest BCUT2D eigenvalue weighted by Gasteiger charge is -2.21. The van der Waals surface area contributed by atoms with Crippen LogP contribution in [0.25, 0.3) is 10.2 Å². The number of thiazole rings is 1. The third-order valence-corrected chi connectivity index (χ3v) is 6.36. The molecule has 2 heterocycles. The Hall–Kier alpha value is -2.96. The SMILES string of the molecule is COc1ccc(Cl)c2sc(N(Cc3cccnc3)C(=O)c3ccc(C)cc3C)nc12. The second-order valence-electron chi connectivity index (χ2n) is 6.99. The molecule has 4 rings (SSSR count). The number of rotatable bonds is 5. The largest absolute Gasteiger partial charge is 0.494 e. The lowest BCUT2D eigenvalue weighted by molar-refractivity contribution is 0.0984. The van der Waals surface area contributed by atoms with Crippen molar-refractivity contribution in [3.63, 3.8) is 0 Å². The summed E-state index contributed by atoms with van der Waals surface area (Å²) in [5.41, 5.74) is 4.23. The number of nitrogens with zero attached hydrogens (tertiary/aromatic N) is 3. The maximum atomic E-state index is 13.6. The van der Waals surface area contributed by atoms with E-state index >= 15 is 0 Å². The number of benzene rings is 2. The van der Waals surface area contributed by atoms with Gasteiger partial charge in [0.25, 0.3) is 5.91 Å². The molecule has 30 heavy (non-hydrogen) atoms. The number of aryl methyl sites for hydroxylation is 2. The lowest BCUT2D eigenvalue weighted by atomic mass is 10.0. The minimum absolute atomic E-state index is 0.120. The number of carbonyl (C=O) groups excluding carboxylic acids is 1. The van der Waals surface area contributed by atoms with E-state index in [9.17, 15) is 4.79 Å². The predicted octanol–water partition coefficient (Wildman–Crippen LogP) is 5.82. The molecule has 0 aliphatic carbocycles. The molecular weight excluding hydrogens is 418 g/mol. The smallest absolute Gasteiger partial charge is 0.260 e. The second kappa shape index (κ2) is 8.42. The molecule has 0 aliphatic heterocycles.